The molecule has 0 bridgehead atoms. The number of carbonyl (C=O) groups is 2. The van der Waals surface area contributed by atoms with Crippen molar-refractivity contribution in [1.82, 2.24) is 0 Å². The topological polar surface area (TPSA) is 102 Å². The highest BCUT2D eigenvalue weighted by Gasteiger charge is 2.84. The fourth-order valence-corrected chi connectivity index (χ4v) is 9.16. The monoisotopic (exact) mass is 570 g/mol. The van der Waals surface area contributed by atoms with Gasteiger partial charge in [-0.2, -0.15) is 0 Å². The number of hydrogen-bond donors (Lipinski definition) is 2. The van der Waals surface area contributed by atoms with E-state index in [1.54, 1.807) is 40.7 Å². The Labute approximate surface area is 219 Å². The van der Waals surface area contributed by atoms with Crippen molar-refractivity contribution in [2.24, 2.45) is 22.7 Å². The molecule has 7 nitrogen and oxygen atoms in total. The van der Waals surface area contributed by atoms with Crippen LogP contribution in [-0.4, -0.2) is 68.3 Å². The van der Waals surface area contributed by atoms with Crippen LogP contribution in [-0.2, 0) is 23.8 Å². The maximum absolute atomic E-state index is 15.8. The summed E-state index contributed by atoms with van der Waals surface area (Å²) >= 11 is 3.88. The summed E-state index contributed by atoms with van der Waals surface area (Å²) in [6.07, 6.45) is 1.94. The molecule has 9 heteroatoms. The van der Waals surface area contributed by atoms with Gasteiger partial charge in [0, 0.05) is 17.3 Å². The summed E-state index contributed by atoms with van der Waals surface area (Å²) in [6.45, 7) is 10.3. The molecule has 0 amide bonds. The molecule has 4 fully saturated rings. The van der Waals surface area contributed by atoms with Crippen LogP contribution in [0.5, 0.6) is 0 Å². The van der Waals surface area contributed by atoms with Crippen LogP contribution in [0.1, 0.15) is 60.8 Å². The molecule has 2 N–H and O–H groups in total. The molecule has 0 unspecified atom stereocenters. The van der Waals surface area contributed by atoms with Gasteiger partial charge in [0.2, 0.25) is 5.79 Å². The van der Waals surface area contributed by atoms with Crippen molar-refractivity contribution in [2.45, 2.75) is 101 Å². The normalized spacial score (nSPS) is 48.2. The fourth-order valence-electron chi connectivity index (χ4n) is 8.13. The van der Waals surface area contributed by atoms with Gasteiger partial charge in [0.15, 0.2) is 23.0 Å². The zero-order chi connectivity index (χ0) is 26.7. The van der Waals surface area contributed by atoms with Crippen molar-refractivity contribution in [3.8, 4) is 0 Å². The molecule has 1 saturated heterocycles. The van der Waals surface area contributed by atoms with E-state index in [0.29, 0.717) is 5.57 Å². The maximum atomic E-state index is 15.8. The first-order valence-electron chi connectivity index (χ1n) is 12.7. The molecule has 0 radical (unpaired) electrons. The second-order valence-corrected chi connectivity index (χ2v) is 13.7. The van der Waals surface area contributed by atoms with Gasteiger partial charge in [-0.3, -0.25) is 9.59 Å². The molecule has 0 aromatic heterocycles. The molecule has 1 aliphatic heterocycles. The average Bonchev–Trinajstić information content (AvgIpc) is 2.94. The molecule has 0 aromatic rings. The second-order valence-electron chi connectivity index (χ2n) is 12.4. The standard InChI is InChI=1S/C27H36BrFO7/c1-14(2)34-13-21(32)27(33)24(6)12-20(31)26(28)16(18(24)11-25(27)35-22(3,4)36-25)10-19(29)17-9-15(30)7-8-23(17,26)5/h7-9,14,16,18-20,31,33H,10-13H2,1-6H3/t16-,18-,19-,20-,23-,24-,26-,27-/m0/s1. The van der Waals surface area contributed by atoms with E-state index >= 15 is 4.39 Å². The molecule has 1 spiro atoms. The van der Waals surface area contributed by atoms with E-state index in [0.717, 1.165) is 0 Å². The zero-order valence-electron chi connectivity index (χ0n) is 21.6. The van der Waals surface area contributed by atoms with Crippen LogP contribution < -0.4 is 0 Å². The highest BCUT2D eigenvalue weighted by atomic mass is 79.9. The molecule has 200 valence electrons. The summed E-state index contributed by atoms with van der Waals surface area (Å²) < 4.78 is 32.7. The van der Waals surface area contributed by atoms with Crippen LogP contribution >= 0.6 is 15.9 Å². The summed E-state index contributed by atoms with van der Waals surface area (Å²) in [5, 5.41) is 24.1. The molecule has 36 heavy (non-hydrogen) atoms. The van der Waals surface area contributed by atoms with Gasteiger partial charge in [-0.1, -0.05) is 35.9 Å². The Balaban J connectivity index is 1.63. The molecular formula is C27H36BrFO7. The number of halogens is 2. The minimum absolute atomic E-state index is 0.0251. The number of hydrogen-bond acceptors (Lipinski definition) is 7. The van der Waals surface area contributed by atoms with Crippen molar-refractivity contribution in [3.05, 3.63) is 23.8 Å². The zero-order valence-corrected chi connectivity index (χ0v) is 23.2. The molecule has 3 saturated carbocycles. The van der Waals surface area contributed by atoms with Gasteiger partial charge in [-0.15, -0.1) is 0 Å². The third-order valence-corrected chi connectivity index (χ3v) is 11.6. The molecule has 4 aliphatic carbocycles. The quantitative estimate of drug-likeness (QED) is 0.498. The van der Waals surface area contributed by atoms with E-state index in [-0.39, 0.29) is 37.8 Å². The fraction of sp³-hybridized carbons (Fsp3) is 0.778. The largest absolute Gasteiger partial charge is 0.392 e. The number of ketones is 2. The smallest absolute Gasteiger partial charge is 0.211 e. The minimum Gasteiger partial charge on any atom is -0.392 e. The lowest BCUT2D eigenvalue weighted by atomic mass is 9.45. The van der Waals surface area contributed by atoms with Gasteiger partial charge in [0.05, 0.1) is 16.5 Å². The third-order valence-electron chi connectivity index (χ3n) is 9.66. The van der Waals surface area contributed by atoms with E-state index in [1.165, 1.54) is 12.2 Å². The number of Topliss-reactive ketones (excluding diaryl/α,β-unsaturated/α-hetero) is 1. The van der Waals surface area contributed by atoms with Crippen LogP contribution in [0.3, 0.4) is 0 Å². The number of aliphatic hydroxyl groups excluding tert-OH is 1. The third kappa shape index (κ3) is 3.07. The van der Waals surface area contributed by atoms with E-state index < -0.39 is 62.2 Å². The summed E-state index contributed by atoms with van der Waals surface area (Å²) in [6, 6.07) is 0. The van der Waals surface area contributed by atoms with Crippen LogP contribution in [0, 0.1) is 22.7 Å². The van der Waals surface area contributed by atoms with Crippen molar-refractivity contribution < 1.29 is 38.4 Å². The van der Waals surface area contributed by atoms with Crippen molar-refractivity contribution in [1.29, 1.82) is 0 Å². The predicted octanol–water partition coefficient (Wildman–Crippen LogP) is 3.54. The second kappa shape index (κ2) is 7.79. The number of fused-ring (bicyclic) bond motifs is 5. The Morgan fingerprint density at radius 2 is 1.86 bits per heavy atom. The first-order valence-corrected chi connectivity index (χ1v) is 13.5. The van der Waals surface area contributed by atoms with Gasteiger partial charge >= 0.3 is 0 Å². The summed E-state index contributed by atoms with van der Waals surface area (Å²) in [5.41, 5.74) is -3.95. The lowest BCUT2D eigenvalue weighted by Gasteiger charge is -2.64. The number of allylic oxidation sites excluding steroid dienone is 4. The van der Waals surface area contributed by atoms with Gasteiger partial charge in [0.1, 0.15) is 12.8 Å². The van der Waals surface area contributed by atoms with Crippen molar-refractivity contribution >= 4 is 27.5 Å². The van der Waals surface area contributed by atoms with E-state index in [4.69, 9.17) is 14.2 Å². The number of carbonyl (C=O) groups excluding carboxylic acids is 2. The van der Waals surface area contributed by atoms with Crippen LogP contribution in [0.2, 0.25) is 0 Å². The number of aliphatic hydroxyl groups is 2. The lowest BCUT2D eigenvalue weighted by molar-refractivity contribution is -0.525. The highest BCUT2D eigenvalue weighted by molar-refractivity contribution is 9.10. The number of ether oxygens (including phenoxy) is 3. The Morgan fingerprint density at radius 1 is 1.22 bits per heavy atom. The summed E-state index contributed by atoms with van der Waals surface area (Å²) in [7, 11) is 0. The average molecular weight is 571 g/mol. The van der Waals surface area contributed by atoms with Crippen LogP contribution in [0.4, 0.5) is 4.39 Å². The summed E-state index contributed by atoms with van der Waals surface area (Å²) in [5.74, 6) is -4.43. The highest BCUT2D eigenvalue weighted by Crippen LogP contribution is 2.75. The summed E-state index contributed by atoms with van der Waals surface area (Å²) in [4.78, 5) is 25.9. The molecule has 8 atom stereocenters. The SMILES string of the molecule is CC(C)OCC(=O)[C@@]1(O)C2(C[C@H]3[C@@H]4C[C@H](F)C5=CC(=O)C=C[C@]5(C)[C@@]4(Br)[C@@H](O)C[C@@]31C)OC(C)(C)O2. The molecule has 0 aromatic carbocycles. The van der Waals surface area contributed by atoms with E-state index in [1.807, 2.05) is 6.92 Å². The Bertz CT molecular complexity index is 1060. The predicted molar refractivity (Wildman–Crippen MR) is 132 cm³/mol. The first-order chi connectivity index (χ1) is 16.5. The van der Waals surface area contributed by atoms with Crippen LogP contribution in [0.25, 0.3) is 0 Å². The van der Waals surface area contributed by atoms with Gasteiger partial charge in [-0.25, -0.2) is 4.39 Å². The van der Waals surface area contributed by atoms with Crippen molar-refractivity contribution in [3.63, 3.8) is 0 Å². The van der Waals surface area contributed by atoms with E-state index in [9.17, 15) is 19.8 Å². The minimum atomic E-state index is -2.12. The number of alkyl halides is 2. The number of rotatable bonds is 4. The van der Waals surface area contributed by atoms with Crippen molar-refractivity contribution in [2.75, 3.05) is 6.61 Å². The van der Waals surface area contributed by atoms with Crippen LogP contribution in [0.15, 0.2) is 23.8 Å². The van der Waals surface area contributed by atoms with Gasteiger partial charge in [0.25, 0.3) is 0 Å². The molecular weight excluding hydrogens is 535 g/mol. The Morgan fingerprint density at radius 3 is 2.44 bits per heavy atom. The molecule has 5 aliphatic rings. The van der Waals surface area contributed by atoms with Gasteiger partial charge < -0.3 is 24.4 Å². The molecule has 1 heterocycles. The van der Waals surface area contributed by atoms with E-state index in [2.05, 4.69) is 15.9 Å². The van der Waals surface area contributed by atoms with Gasteiger partial charge in [-0.05, 0) is 70.1 Å². The first kappa shape index (κ1) is 26.6. The Hall–Kier alpha value is -0.970. The lowest BCUT2D eigenvalue weighted by Crippen LogP contribution is -2.76. The maximum Gasteiger partial charge on any atom is 0.211 e. The Kier molecular flexibility index (Phi) is 5.76. The molecule has 5 rings (SSSR count).